The monoisotopic (exact) mass is 543 g/mol. The van der Waals surface area contributed by atoms with Gasteiger partial charge in [-0.25, -0.2) is 0 Å². The summed E-state index contributed by atoms with van der Waals surface area (Å²) in [5.41, 5.74) is 0. The lowest BCUT2D eigenvalue weighted by atomic mass is 9.94. The summed E-state index contributed by atoms with van der Waals surface area (Å²) in [6.07, 6.45) is 9.61. The van der Waals surface area contributed by atoms with Crippen molar-refractivity contribution >= 4 is 23.8 Å². The highest BCUT2D eigenvalue weighted by Gasteiger charge is 2.50. The number of unbranched alkanes of at least 4 members (excludes halogenated alkanes) is 10. The number of nitrogens with one attached hydrogen (secondary N) is 1. The summed E-state index contributed by atoms with van der Waals surface area (Å²) in [4.78, 5) is 47.0. The molecule has 1 heterocycles. The second-order valence-electron chi connectivity index (χ2n) is 9.95. The fourth-order valence-electron chi connectivity index (χ4n) is 4.62. The number of ether oxygens (including phenoxy) is 5. The minimum absolute atomic E-state index is 0.0146. The fraction of sp³-hybridized carbons (Fsp3) is 0.857. The summed E-state index contributed by atoms with van der Waals surface area (Å²) >= 11 is 0. The Morgan fingerprint density at radius 1 is 0.684 bits per heavy atom. The van der Waals surface area contributed by atoms with Crippen molar-refractivity contribution in [2.24, 2.45) is 0 Å². The molecule has 5 atom stereocenters. The van der Waals surface area contributed by atoms with Gasteiger partial charge < -0.3 is 29.0 Å². The Kier molecular flexibility index (Phi) is 17.6. The quantitative estimate of drug-likeness (QED) is 0.144. The van der Waals surface area contributed by atoms with E-state index in [2.05, 4.69) is 12.2 Å². The number of rotatable bonds is 19. The molecule has 0 saturated carbocycles. The van der Waals surface area contributed by atoms with Gasteiger partial charge in [-0.2, -0.15) is 0 Å². The number of amides is 1. The van der Waals surface area contributed by atoms with Crippen LogP contribution in [-0.2, 0) is 42.9 Å². The molecule has 0 aliphatic carbocycles. The Morgan fingerprint density at radius 2 is 1.21 bits per heavy atom. The van der Waals surface area contributed by atoms with Crippen molar-refractivity contribution in [1.82, 2.24) is 5.32 Å². The molecule has 10 heteroatoms. The van der Waals surface area contributed by atoms with E-state index in [1.54, 1.807) is 0 Å². The zero-order valence-electron chi connectivity index (χ0n) is 24.0. The number of carbonyl (C=O) groups excluding carboxylic acids is 4. The summed E-state index contributed by atoms with van der Waals surface area (Å²) < 4.78 is 28.2. The van der Waals surface area contributed by atoms with Gasteiger partial charge in [0.05, 0.1) is 6.61 Å². The van der Waals surface area contributed by atoms with E-state index >= 15 is 0 Å². The van der Waals surface area contributed by atoms with Gasteiger partial charge in [-0.05, 0) is 6.42 Å². The lowest BCUT2D eigenvalue weighted by Crippen LogP contribution is -2.66. The molecule has 220 valence electrons. The number of hydrogen-bond acceptors (Lipinski definition) is 9. The van der Waals surface area contributed by atoms with E-state index in [1.165, 1.54) is 79.1 Å². The molecule has 1 fully saturated rings. The van der Waals surface area contributed by atoms with E-state index in [0.29, 0.717) is 6.61 Å². The van der Waals surface area contributed by atoms with Crippen LogP contribution >= 0.6 is 0 Å². The fourth-order valence-corrected chi connectivity index (χ4v) is 4.62. The average Bonchev–Trinajstić information content (AvgIpc) is 2.82. The predicted octanol–water partition coefficient (Wildman–Crippen LogP) is 4.36. The van der Waals surface area contributed by atoms with Gasteiger partial charge in [0.2, 0.25) is 5.91 Å². The molecule has 1 rings (SSSR count). The maximum atomic E-state index is 12.0. The van der Waals surface area contributed by atoms with Crippen molar-refractivity contribution in [2.75, 3.05) is 13.2 Å². The highest BCUT2D eigenvalue weighted by atomic mass is 16.7. The maximum Gasteiger partial charge on any atom is 0.303 e. The van der Waals surface area contributed by atoms with Crippen molar-refractivity contribution in [3.8, 4) is 0 Å². The van der Waals surface area contributed by atoms with Crippen LogP contribution in [0.15, 0.2) is 0 Å². The third-order valence-electron chi connectivity index (χ3n) is 6.36. The highest BCUT2D eigenvalue weighted by Crippen LogP contribution is 2.29. The SMILES string of the molecule is CCCCCCCCCCCCCO[C@@H]1O[C@H](CCOC(C)=O)[C@@H](OC(C)=O)[C@H](OC(C)=O)[C@H]1NC(C)=O. The first kappa shape index (κ1) is 33.8. The predicted molar refractivity (Wildman–Crippen MR) is 141 cm³/mol. The molecule has 10 nitrogen and oxygen atoms in total. The largest absolute Gasteiger partial charge is 0.466 e. The first-order valence-corrected chi connectivity index (χ1v) is 14.2. The van der Waals surface area contributed by atoms with Crippen molar-refractivity contribution in [3.05, 3.63) is 0 Å². The zero-order chi connectivity index (χ0) is 28.3. The Labute approximate surface area is 227 Å². The van der Waals surface area contributed by atoms with E-state index in [0.717, 1.165) is 19.3 Å². The van der Waals surface area contributed by atoms with E-state index in [9.17, 15) is 19.2 Å². The van der Waals surface area contributed by atoms with Gasteiger partial charge in [0.1, 0.15) is 12.1 Å². The molecule has 0 unspecified atom stereocenters. The van der Waals surface area contributed by atoms with Crippen LogP contribution in [0.1, 0.15) is 112 Å². The summed E-state index contributed by atoms with van der Waals surface area (Å²) in [5.74, 6) is -2.04. The van der Waals surface area contributed by atoms with E-state index in [4.69, 9.17) is 23.7 Å². The van der Waals surface area contributed by atoms with E-state index in [1.807, 2.05) is 0 Å². The molecule has 0 aromatic carbocycles. The van der Waals surface area contributed by atoms with Crippen LogP contribution < -0.4 is 5.32 Å². The standard InChI is InChI=1S/C28H49NO9/c1-6-7-8-9-10-11-12-13-14-15-16-18-35-28-25(29-20(2)30)27(37-23(5)33)26(36-22(4)32)24(38-28)17-19-34-21(3)31/h24-28H,6-19H2,1-5H3,(H,29,30)/t24-,25-,26-,27-,28-/m1/s1. The lowest BCUT2D eigenvalue weighted by Gasteiger charge is -2.45. The molecule has 38 heavy (non-hydrogen) atoms. The minimum atomic E-state index is -1.04. The Hall–Kier alpha value is -2.20. The molecule has 0 radical (unpaired) electrons. The van der Waals surface area contributed by atoms with Gasteiger partial charge in [-0.3, -0.25) is 19.2 Å². The Bertz CT molecular complexity index is 714. The molecule has 1 saturated heterocycles. The van der Waals surface area contributed by atoms with Crippen LogP contribution in [0.4, 0.5) is 0 Å². The molecule has 1 aliphatic rings. The Balaban J connectivity index is 2.73. The smallest absolute Gasteiger partial charge is 0.303 e. The van der Waals surface area contributed by atoms with Gasteiger partial charge in [-0.1, -0.05) is 71.1 Å². The van der Waals surface area contributed by atoms with E-state index < -0.39 is 48.6 Å². The van der Waals surface area contributed by atoms with Crippen molar-refractivity contribution < 1.29 is 42.9 Å². The van der Waals surface area contributed by atoms with Crippen LogP contribution in [0.3, 0.4) is 0 Å². The molecule has 0 bridgehead atoms. The third kappa shape index (κ3) is 14.7. The first-order valence-electron chi connectivity index (χ1n) is 14.2. The lowest BCUT2D eigenvalue weighted by molar-refractivity contribution is -0.274. The third-order valence-corrected chi connectivity index (χ3v) is 6.36. The second-order valence-corrected chi connectivity index (χ2v) is 9.95. The first-order chi connectivity index (χ1) is 18.1. The normalized spacial score (nSPS) is 22.9. The molecule has 0 aromatic heterocycles. The van der Waals surface area contributed by atoms with Gasteiger partial charge >= 0.3 is 17.9 Å². The molecule has 1 aliphatic heterocycles. The Morgan fingerprint density at radius 3 is 1.71 bits per heavy atom. The van der Waals surface area contributed by atoms with Crippen LogP contribution in [0.2, 0.25) is 0 Å². The van der Waals surface area contributed by atoms with Gasteiger partial charge in [0.25, 0.3) is 0 Å². The summed E-state index contributed by atoms with van der Waals surface area (Å²) in [7, 11) is 0. The highest BCUT2D eigenvalue weighted by molar-refractivity contribution is 5.73. The second kappa shape index (κ2) is 19.8. The number of carbonyl (C=O) groups is 4. The molecule has 1 amide bonds. The van der Waals surface area contributed by atoms with Crippen LogP contribution in [0, 0.1) is 0 Å². The summed E-state index contributed by atoms with van der Waals surface area (Å²) in [6, 6.07) is -0.890. The molecule has 1 N–H and O–H groups in total. The van der Waals surface area contributed by atoms with Crippen LogP contribution in [0.5, 0.6) is 0 Å². The average molecular weight is 544 g/mol. The van der Waals surface area contributed by atoms with Gasteiger partial charge in [0.15, 0.2) is 18.5 Å². The minimum Gasteiger partial charge on any atom is -0.466 e. The number of esters is 3. The molecule has 0 aromatic rings. The topological polar surface area (TPSA) is 126 Å². The molecular weight excluding hydrogens is 494 g/mol. The molecular formula is C28H49NO9. The molecule has 0 spiro atoms. The van der Waals surface area contributed by atoms with E-state index in [-0.39, 0.29) is 18.9 Å². The number of hydrogen-bond donors (Lipinski definition) is 1. The van der Waals surface area contributed by atoms with Crippen molar-refractivity contribution in [1.29, 1.82) is 0 Å². The van der Waals surface area contributed by atoms with Gasteiger partial charge in [0, 0.05) is 40.7 Å². The van der Waals surface area contributed by atoms with Gasteiger partial charge in [-0.15, -0.1) is 0 Å². The van der Waals surface area contributed by atoms with Crippen molar-refractivity contribution in [3.63, 3.8) is 0 Å². The van der Waals surface area contributed by atoms with Crippen LogP contribution in [0.25, 0.3) is 0 Å². The van der Waals surface area contributed by atoms with Crippen LogP contribution in [-0.4, -0.2) is 67.7 Å². The zero-order valence-corrected chi connectivity index (χ0v) is 24.0. The summed E-state index contributed by atoms with van der Waals surface area (Å²) in [5, 5.41) is 2.74. The summed E-state index contributed by atoms with van der Waals surface area (Å²) in [6.45, 7) is 7.72. The maximum absolute atomic E-state index is 12.0. The van der Waals surface area contributed by atoms with Crippen molar-refractivity contribution in [2.45, 2.75) is 142 Å².